The molecule has 0 rings (SSSR count). The van der Waals surface area contributed by atoms with Crippen LogP contribution in [-0.4, -0.2) is 26.9 Å². The van der Waals surface area contributed by atoms with Gasteiger partial charge in [-0.25, -0.2) is 4.39 Å². The molecule has 0 saturated heterocycles. The van der Waals surface area contributed by atoms with E-state index in [0.29, 0.717) is 0 Å². The third kappa shape index (κ3) is 4.17. The lowest BCUT2D eigenvalue weighted by Gasteiger charge is -2.08. The van der Waals surface area contributed by atoms with Crippen molar-refractivity contribution in [3.63, 3.8) is 0 Å². The van der Waals surface area contributed by atoms with Gasteiger partial charge in [-0.05, 0) is 13.8 Å². The molecule has 5 nitrogen and oxygen atoms in total. The predicted molar refractivity (Wildman–Crippen MR) is 46.1 cm³/mol. The Kier molecular flexibility index (Phi) is 5.71. The summed E-state index contributed by atoms with van der Waals surface area (Å²) in [6.45, 7) is 2.69. The molecule has 0 aliphatic heterocycles. The molecule has 0 aliphatic carbocycles. The monoisotopic (exact) mass is 234 g/mol. The summed E-state index contributed by atoms with van der Waals surface area (Å²) in [6.07, 6.45) is 0. The molecule has 0 radical (unpaired) electrons. The standard InChI is InChI=1S/C5H12FO5PS/c1-3-10-12(7)5(6)13(8,9)11-4-2/h5,12H,3-4H2,1-2H3. The van der Waals surface area contributed by atoms with Crippen LogP contribution >= 0.6 is 8.03 Å². The van der Waals surface area contributed by atoms with Crippen LogP contribution in [-0.2, 0) is 23.4 Å². The van der Waals surface area contributed by atoms with E-state index in [9.17, 15) is 17.4 Å². The van der Waals surface area contributed by atoms with Crippen LogP contribution in [0.4, 0.5) is 4.39 Å². The summed E-state index contributed by atoms with van der Waals surface area (Å²) in [4.78, 5) is 0. The van der Waals surface area contributed by atoms with Crippen LogP contribution in [0.2, 0.25) is 0 Å². The summed E-state index contributed by atoms with van der Waals surface area (Å²) in [5.74, 6) is 0. The molecule has 0 spiro atoms. The normalized spacial score (nSPS) is 16.8. The predicted octanol–water partition coefficient (Wildman–Crippen LogP) is 1.12. The third-order valence-corrected chi connectivity index (χ3v) is 4.47. The Bertz CT molecular complexity index is 264. The second-order valence-corrected chi connectivity index (χ2v) is 5.45. The van der Waals surface area contributed by atoms with Crippen molar-refractivity contribution in [2.75, 3.05) is 13.2 Å². The Balaban J connectivity index is 4.40. The first-order chi connectivity index (χ1) is 5.95. The first-order valence-corrected chi connectivity index (χ1v) is 6.51. The zero-order valence-electron chi connectivity index (χ0n) is 7.32. The van der Waals surface area contributed by atoms with Gasteiger partial charge in [0, 0.05) is 0 Å². The highest BCUT2D eigenvalue weighted by Crippen LogP contribution is 2.34. The number of alkyl halides is 1. The molecule has 0 aromatic rings. The summed E-state index contributed by atoms with van der Waals surface area (Å²) < 4.78 is 53.7. The average molecular weight is 234 g/mol. The topological polar surface area (TPSA) is 69.7 Å². The Hall–Kier alpha value is 0.0300. The molecule has 0 N–H and O–H groups in total. The summed E-state index contributed by atoms with van der Waals surface area (Å²) in [5.41, 5.74) is 0. The molecule has 2 unspecified atom stereocenters. The summed E-state index contributed by atoms with van der Waals surface area (Å²) >= 11 is 0. The Morgan fingerprint density at radius 3 is 2.31 bits per heavy atom. The van der Waals surface area contributed by atoms with Gasteiger partial charge in [0.1, 0.15) is 0 Å². The molecular formula is C5H12FO5PS. The number of hydrogen-bond acceptors (Lipinski definition) is 5. The van der Waals surface area contributed by atoms with Crippen LogP contribution in [0.25, 0.3) is 0 Å². The van der Waals surface area contributed by atoms with Crippen LogP contribution in [0.3, 0.4) is 0 Å². The maximum atomic E-state index is 12.8. The molecule has 0 aromatic carbocycles. The minimum atomic E-state index is -4.39. The Morgan fingerprint density at radius 2 is 1.92 bits per heavy atom. The fourth-order valence-electron chi connectivity index (χ4n) is 0.550. The van der Waals surface area contributed by atoms with E-state index in [-0.39, 0.29) is 13.2 Å². The minimum absolute atomic E-state index is 0.000138. The minimum Gasteiger partial charge on any atom is -0.328 e. The molecule has 13 heavy (non-hydrogen) atoms. The van der Waals surface area contributed by atoms with Gasteiger partial charge in [-0.2, -0.15) is 8.42 Å². The number of hydrogen-bond donors (Lipinski definition) is 0. The van der Waals surface area contributed by atoms with E-state index < -0.39 is 23.4 Å². The smallest absolute Gasteiger partial charge is 0.309 e. The molecule has 0 fully saturated rings. The van der Waals surface area contributed by atoms with Crippen molar-refractivity contribution in [1.29, 1.82) is 0 Å². The Morgan fingerprint density at radius 1 is 1.38 bits per heavy atom. The number of rotatable bonds is 6. The second-order valence-electron chi connectivity index (χ2n) is 1.97. The van der Waals surface area contributed by atoms with Crippen molar-refractivity contribution in [3.05, 3.63) is 0 Å². The van der Waals surface area contributed by atoms with Crippen molar-refractivity contribution in [2.24, 2.45) is 0 Å². The van der Waals surface area contributed by atoms with Gasteiger partial charge in [0.2, 0.25) is 8.03 Å². The lowest BCUT2D eigenvalue weighted by atomic mass is 10.9. The first-order valence-electron chi connectivity index (χ1n) is 3.64. The van der Waals surface area contributed by atoms with Gasteiger partial charge in [-0.3, -0.25) is 8.75 Å². The zero-order valence-corrected chi connectivity index (χ0v) is 9.14. The van der Waals surface area contributed by atoms with E-state index in [1.807, 2.05) is 0 Å². The van der Waals surface area contributed by atoms with Gasteiger partial charge < -0.3 is 4.52 Å². The van der Waals surface area contributed by atoms with Gasteiger partial charge in [0.05, 0.1) is 13.2 Å². The molecule has 8 heteroatoms. The zero-order chi connectivity index (χ0) is 10.5. The Labute approximate surface area is 77.2 Å². The van der Waals surface area contributed by atoms with Crippen LogP contribution in [0.5, 0.6) is 0 Å². The van der Waals surface area contributed by atoms with Crippen molar-refractivity contribution < 1.29 is 26.1 Å². The summed E-state index contributed by atoms with van der Waals surface area (Å²) in [5, 5.41) is -2.57. The third-order valence-electron chi connectivity index (χ3n) is 1.01. The van der Waals surface area contributed by atoms with Crippen LogP contribution < -0.4 is 0 Å². The molecule has 0 bridgehead atoms. The van der Waals surface area contributed by atoms with Gasteiger partial charge in [0.15, 0.2) is 0 Å². The van der Waals surface area contributed by atoms with Gasteiger partial charge in [-0.15, -0.1) is 0 Å². The highest BCUT2D eigenvalue weighted by molar-refractivity contribution is 7.92. The maximum absolute atomic E-state index is 12.8. The molecule has 0 heterocycles. The number of halogens is 1. The van der Waals surface area contributed by atoms with Gasteiger partial charge >= 0.3 is 10.1 Å². The molecule has 0 amide bonds. The van der Waals surface area contributed by atoms with E-state index in [1.54, 1.807) is 0 Å². The largest absolute Gasteiger partial charge is 0.328 e. The van der Waals surface area contributed by atoms with E-state index in [4.69, 9.17) is 0 Å². The highest BCUT2D eigenvalue weighted by Gasteiger charge is 2.32. The van der Waals surface area contributed by atoms with E-state index in [0.717, 1.165) is 0 Å². The van der Waals surface area contributed by atoms with Crippen molar-refractivity contribution in [1.82, 2.24) is 0 Å². The summed E-state index contributed by atoms with van der Waals surface area (Å²) in [7, 11) is -7.62. The molecule has 0 saturated carbocycles. The van der Waals surface area contributed by atoms with Crippen molar-refractivity contribution >= 4 is 18.1 Å². The molecule has 2 atom stereocenters. The lowest BCUT2D eigenvalue weighted by molar-refractivity contribution is 0.299. The van der Waals surface area contributed by atoms with E-state index in [2.05, 4.69) is 8.71 Å². The molecule has 80 valence electrons. The van der Waals surface area contributed by atoms with Crippen LogP contribution in [0.1, 0.15) is 13.8 Å². The maximum Gasteiger partial charge on any atom is 0.309 e. The fourth-order valence-corrected chi connectivity index (χ4v) is 2.76. The second kappa shape index (κ2) is 5.70. The highest BCUT2D eigenvalue weighted by atomic mass is 32.2. The lowest BCUT2D eigenvalue weighted by Crippen LogP contribution is -2.16. The fraction of sp³-hybridized carbons (Fsp3) is 1.00. The van der Waals surface area contributed by atoms with Crippen LogP contribution in [0.15, 0.2) is 0 Å². The average Bonchev–Trinajstić information content (AvgIpc) is 2.03. The molecule has 0 aliphatic rings. The van der Waals surface area contributed by atoms with Crippen molar-refractivity contribution in [2.45, 2.75) is 19.1 Å². The first kappa shape index (κ1) is 13.0. The summed E-state index contributed by atoms with van der Waals surface area (Å²) in [6, 6.07) is 0. The van der Waals surface area contributed by atoms with Crippen LogP contribution in [0, 0.1) is 0 Å². The van der Waals surface area contributed by atoms with E-state index in [1.165, 1.54) is 13.8 Å². The van der Waals surface area contributed by atoms with Crippen molar-refractivity contribution in [3.8, 4) is 0 Å². The van der Waals surface area contributed by atoms with E-state index >= 15 is 0 Å². The SMILES string of the molecule is CCO[PH](=O)C(F)S(=O)(=O)OCC. The van der Waals surface area contributed by atoms with Gasteiger partial charge in [0.25, 0.3) is 5.24 Å². The molecular weight excluding hydrogens is 222 g/mol. The molecule has 0 aromatic heterocycles. The van der Waals surface area contributed by atoms with Gasteiger partial charge in [-0.1, -0.05) is 0 Å². The quantitative estimate of drug-likeness (QED) is 0.508.